The molecule has 2 amide bonds. The quantitative estimate of drug-likeness (QED) is 0.375. The molecular formula is C26H26FN5O3. The lowest BCUT2D eigenvalue weighted by molar-refractivity contribution is -0.127. The third-order valence-electron chi connectivity index (χ3n) is 5.66. The fraction of sp³-hybridized carbons (Fsp3) is 0.231. The molecule has 35 heavy (non-hydrogen) atoms. The van der Waals surface area contributed by atoms with Crippen molar-refractivity contribution >= 4 is 28.5 Å². The average molecular weight is 476 g/mol. The number of halogens is 1. The minimum absolute atomic E-state index is 0.190. The highest BCUT2D eigenvalue weighted by Gasteiger charge is 2.34. The molecule has 0 fully saturated rings. The summed E-state index contributed by atoms with van der Waals surface area (Å²) in [6.07, 6.45) is 0. The summed E-state index contributed by atoms with van der Waals surface area (Å²) in [5.41, 5.74) is 3.03. The molecule has 1 heterocycles. The molecule has 0 radical (unpaired) electrons. The third-order valence-corrected chi connectivity index (χ3v) is 5.66. The van der Waals surface area contributed by atoms with E-state index < -0.39 is 23.7 Å². The van der Waals surface area contributed by atoms with E-state index in [1.807, 2.05) is 37.3 Å². The summed E-state index contributed by atoms with van der Waals surface area (Å²) in [6.45, 7) is 2.25. The molecule has 1 N–H and O–H groups in total. The molecule has 1 aromatic heterocycles. The first kappa shape index (κ1) is 24.0. The summed E-state index contributed by atoms with van der Waals surface area (Å²) in [5, 5.41) is 11.1. The minimum Gasteiger partial charge on any atom is -0.383 e. The van der Waals surface area contributed by atoms with Crippen molar-refractivity contribution in [3.8, 4) is 0 Å². The van der Waals surface area contributed by atoms with Gasteiger partial charge in [0.15, 0.2) is 0 Å². The van der Waals surface area contributed by atoms with E-state index in [1.54, 1.807) is 24.3 Å². The highest BCUT2D eigenvalue weighted by molar-refractivity contribution is 6.01. The Hall–Kier alpha value is -4.11. The SMILES string of the molecule is COCCNC(=O)C(c1ccccc1C)N(C(=O)Cn1nnc2ccccc21)c1cccc(F)c1. The van der Waals surface area contributed by atoms with E-state index in [2.05, 4.69) is 15.6 Å². The molecule has 1 atom stereocenters. The van der Waals surface area contributed by atoms with E-state index in [1.165, 1.54) is 34.9 Å². The number of hydrogen-bond donors (Lipinski definition) is 1. The Morgan fingerprint density at radius 1 is 1.09 bits per heavy atom. The van der Waals surface area contributed by atoms with Gasteiger partial charge in [0.05, 0.1) is 12.1 Å². The Labute approximate surface area is 202 Å². The van der Waals surface area contributed by atoms with Crippen LogP contribution in [0.15, 0.2) is 72.8 Å². The molecule has 0 aliphatic rings. The van der Waals surface area contributed by atoms with Crippen LogP contribution in [0.1, 0.15) is 17.2 Å². The number of aryl methyl sites for hydroxylation is 1. The lowest BCUT2D eigenvalue weighted by atomic mass is 9.98. The zero-order chi connectivity index (χ0) is 24.8. The number of fused-ring (bicyclic) bond motifs is 1. The van der Waals surface area contributed by atoms with Crippen LogP contribution in [0.3, 0.4) is 0 Å². The summed E-state index contributed by atoms with van der Waals surface area (Å²) < 4.78 is 20.8. The number of anilines is 1. The summed E-state index contributed by atoms with van der Waals surface area (Å²) in [7, 11) is 1.54. The van der Waals surface area contributed by atoms with Crippen LogP contribution >= 0.6 is 0 Å². The zero-order valence-electron chi connectivity index (χ0n) is 19.5. The molecule has 180 valence electrons. The Morgan fingerprint density at radius 2 is 1.86 bits per heavy atom. The molecule has 1 unspecified atom stereocenters. The topological polar surface area (TPSA) is 89.4 Å². The molecule has 0 aliphatic heterocycles. The van der Waals surface area contributed by atoms with Crippen molar-refractivity contribution in [1.82, 2.24) is 20.3 Å². The number of carbonyl (C=O) groups excluding carboxylic acids is 2. The normalized spacial score (nSPS) is 11.9. The highest BCUT2D eigenvalue weighted by Crippen LogP contribution is 2.31. The fourth-order valence-corrected chi connectivity index (χ4v) is 3.97. The Kier molecular flexibility index (Phi) is 7.47. The van der Waals surface area contributed by atoms with E-state index >= 15 is 0 Å². The van der Waals surface area contributed by atoms with Crippen molar-refractivity contribution in [2.24, 2.45) is 0 Å². The van der Waals surface area contributed by atoms with E-state index in [-0.39, 0.29) is 18.8 Å². The number of nitrogens with one attached hydrogen (secondary N) is 1. The van der Waals surface area contributed by atoms with Gasteiger partial charge in [0.1, 0.15) is 23.9 Å². The van der Waals surface area contributed by atoms with Crippen LogP contribution in [-0.4, -0.2) is 47.1 Å². The maximum Gasteiger partial charge on any atom is 0.249 e. The number of ether oxygens (including phenoxy) is 1. The van der Waals surface area contributed by atoms with Gasteiger partial charge >= 0.3 is 0 Å². The second-order valence-corrected chi connectivity index (χ2v) is 8.02. The second kappa shape index (κ2) is 10.9. The van der Waals surface area contributed by atoms with E-state index in [4.69, 9.17) is 4.74 Å². The number of rotatable bonds is 9. The molecule has 0 bridgehead atoms. The van der Waals surface area contributed by atoms with Crippen LogP contribution in [0.2, 0.25) is 0 Å². The molecule has 3 aromatic carbocycles. The molecule has 8 nitrogen and oxygen atoms in total. The molecule has 0 spiro atoms. The van der Waals surface area contributed by atoms with Crippen molar-refractivity contribution in [3.05, 3.63) is 89.7 Å². The molecule has 4 aromatic rings. The lowest BCUT2D eigenvalue weighted by Gasteiger charge is -2.32. The number of para-hydroxylation sites is 1. The average Bonchev–Trinajstić information content (AvgIpc) is 3.26. The van der Waals surface area contributed by atoms with Crippen molar-refractivity contribution in [3.63, 3.8) is 0 Å². The molecule has 0 saturated carbocycles. The van der Waals surface area contributed by atoms with Crippen LogP contribution in [0.25, 0.3) is 11.0 Å². The summed E-state index contributed by atoms with van der Waals surface area (Å²) in [5.74, 6) is -1.37. The first-order chi connectivity index (χ1) is 17.0. The highest BCUT2D eigenvalue weighted by atomic mass is 19.1. The number of hydrogen-bond acceptors (Lipinski definition) is 5. The minimum atomic E-state index is -1.04. The van der Waals surface area contributed by atoms with Gasteiger partial charge in [0.2, 0.25) is 11.8 Å². The van der Waals surface area contributed by atoms with Gasteiger partial charge in [0.25, 0.3) is 0 Å². The second-order valence-electron chi connectivity index (χ2n) is 8.02. The standard InChI is InChI=1S/C26H26FN5O3/c1-18-8-3-4-11-21(18)25(26(34)28-14-15-35-2)32(20-10-7-9-19(27)16-20)24(33)17-31-23-13-6-5-12-22(23)29-30-31/h3-13,16,25H,14-15,17H2,1-2H3,(H,28,34). The number of carbonyl (C=O) groups is 2. The number of nitrogens with zero attached hydrogens (tertiary/aromatic N) is 4. The van der Waals surface area contributed by atoms with Crippen molar-refractivity contribution in [1.29, 1.82) is 0 Å². The van der Waals surface area contributed by atoms with Gasteiger partial charge in [-0.15, -0.1) is 5.10 Å². The molecule has 9 heteroatoms. The van der Waals surface area contributed by atoms with Gasteiger partial charge in [-0.2, -0.15) is 0 Å². The largest absolute Gasteiger partial charge is 0.383 e. The monoisotopic (exact) mass is 475 g/mol. The van der Waals surface area contributed by atoms with E-state index in [9.17, 15) is 14.0 Å². The first-order valence-electron chi connectivity index (χ1n) is 11.2. The van der Waals surface area contributed by atoms with Gasteiger partial charge in [-0.1, -0.05) is 47.7 Å². The maximum atomic E-state index is 14.3. The smallest absolute Gasteiger partial charge is 0.249 e. The van der Waals surface area contributed by atoms with Crippen LogP contribution in [0.4, 0.5) is 10.1 Å². The first-order valence-corrected chi connectivity index (χ1v) is 11.2. The summed E-state index contributed by atoms with van der Waals surface area (Å²) in [4.78, 5) is 28.7. The van der Waals surface area contributed by atoms with Gasteiger partial charge < -0.3 is 10.1 Å². The van der Waals surface area contributed by atoms with Crippen molar-refractivity contribution < 1.29 is 18.7 Å². The van der Waals surface area contributed by atoms with E-state index in [0.29, 0.717) is 23.2 Å². The Balaban J connectivity index is 1.79. The van der Waals surface area contributed by atoms with Gasteiger partial charge in [-0.3, -0.25) is 14.5 Å². The maximum absolute atomic E-state index is 14.3. The number of aromatic nitrogens is 3. The van der Waals surface area contributed by atoms with Gasteiger partial charge in [-0.25, -0.2) is 9.07 Å². The van der Waals surface area contributed by atoms with Crippen LogP contribution in [0, 0.1) is 12.7 Å². The Bertz CT molecular complexity index is 1340. The zero-order valence-corrected chi connectivity index (χ0v) is 19.5. The molecule has 0 aliphatic carbocycles. The van der Waals surface area contributed by atoms with Crippen molar-refractivity contribution in [2.75, 3.05) is 25.2 Å². The van der Waals surface area contributed by atoms with Crippen LogP contribution in [-0.2, 0) is 20.9 Å². The van der Waals surface area contributed by atoms with Gasteiger partial charge in [0, 0.05) is 19.3 Å². The van der Waals surface area contributed by atoms with Crippen LogP contribution in [0.5, 0.6) is 0 Å². The molecule has 0 saturated heterocycles. The van der Waals surface area contributed by atoms with E-state index in [0.717, 1.165) is 5.56 Å². The lowest BCUT2D eigenvalue weighted by Crippen LogP contribution is -2.46. The van der Waals surface area contributed by atoms with Crippen LogP contribution < -0.4 is 10.2 Å². The summed E-state index contributed by atoms with van der Waals surface area (Å²) in [6, 6.07) is 19.2. The summed E-state index contributed by atoms with van der Waals surface area (Å²) >= 11 is 0. The molecular weight excluding hydrogens is 449 g/mol. The number of methoxy groups -OCH3 is 1. The predicted molar refractivity (Wildman–Crippen MR) is 130 cm³/mol. The fourth-order valence-electron chi connectivity index (χ4n) is 3.97. The third kappa shape index (κ3) is 5.36. The number of benzene rings is 3. The van der Waals surface area contributed by atoms with Crippen molar-refractivity contribution in [2.45, 2.75) is 19.5 Å². The molecule has 4 rings (SSSR count). The number of amides is 2. The predicted octanol–water partition coefficient (Wildman–Crippen LogP) is 3.42. The Morgan fingerprint density at radius 3 is 2.63 bits per heavy atom. The van der Waals surface area contributed by atoms with Gasteiger partial charge in [-0.05, 0) is 48.4 Å².